The molecule has 10 heteroatoms. The lowest BCUT2D eigenvalue weighted by molar-refractivity contribution is 0.102. The summed E-state index contributed by atoms with van der Waals surface area (Å²) in [6.07, 6.45) is 1.73. The average molecular weight is 441 g/mol. The molecular formula is C20H20N6O2S2. The van der Waals surface area contributed by atoms with Gasteiger partial charge in [0.2, 0.25) is 0 Å². The molecule has 3 N–H and O–H groups in total. The van der Waals surface area contributed by atoms with E-state index < -0.39 is 0 Å². The zero-order chi connectivity index (χ0) is 21.1. The van der Waals surface area contributed by atoms with Gasteiger partial charge in [0.05, 0.1) is 11.3 Å². The van der Waals surface area contributed by atoms with Crippen LogP contribution in [0, 0.1) is 0 Å². The first-order chi connectivity index (χ1) is 14.5. The number of thiazole rings is 1. The molecule has 0 saturated heterocycles. The van der Waals surface area contributed by atoms with Crippen LogP contribution >= 0.6 is 24.0 Å². The van der Waals surface area contributed by atoms with Gasteiger partial charge in [0, 0.05) is 18.1 Å². The van der Waals surface area contributed by atoms with Crippen LogP contribution in [0.5, 0.6) is 11.5 Å². The van der Waals surface area contributed by atoms with Crippen molar-refractivity contribution in [3.63, 3.8) is 0 Å². The van der Waals surface area contributed by atoms with E-state index in [1.165, 1.54) is 11.3 Å². The molecule has 0 aliphatic carbocycles. The highest BCUT2D eigenvalue weighted by Gasteiger charge is 2.22. The number of para-hydroxylation sites is 1. The first-order valence-electron chi connectivity index (χ1n) is 9.08. The molecule has 3 aromatic rings. The monoisotopic (exact) mass is 440 g/mol. The van der Waals surface area contributed by atoms with Crippen molar-refractivity contribution in [3.05, 3.63) is 65.2 Å². The number of nitrogens with zero attached hydrogens (tertiary/aromatic N) is 4. The second kappa shape index (κ2) is 8.64. The molecule has 8 nitrogen and oxygen atoms in total. The smallest absolute Gasteiger partial charge is 0.259 e. The van der Waals surface area contributed by atoms with E-state index in [4.69, 9.17) is 10.5 Å². The van der Waals surface area contributed by atoms with Crippen LogP contribution in [0.1, 0.15) is 21.4 Å². The van der Waals surface area contributed by atoms with Gasteiger partial charge in [-0.25, -0.2) is 4.98 Å². The van der Waals surface area contributed by atoms with Gasteiger partial charge in [0.1, 0.15) is 29.9 Å². The van der Waals surface area contributed by atoms with Crippen LogP contribution in [0.2, 0.25) is 0 Å². The number of anilines is 2. The molecule has 0 spiro atoms. The van der Waals surface area contributed by atoms with Crippen LogP contribution in [-0.4, -0.2) is 40.9 Å². The Bertz CT molecular complexity index is 1070. The molecule has 1 aromatic heterocycles. The van der Waals surface area contributed by atoms with E-state index in [1.54, 1.807) is 29.5 Å². The molecule has 1 unspecified atom stereocenters. The van der Waals surface area contributed by atoms with E-state index in [0.717, 1.165) is 0 Å². The molecule has 0 saturated carbocycles. The first kappa shape index (κ1) is 20.0. The highest BCUT2D eigenvalue weighted by molar-refractivity contribution is 7.80. The van der Waals surface area contributed by atoms with Crippen molar-refractivity contribution >= 4 is 47.0 Å². The number of rotatable bonds is 6. The summed E-state index contributed by atoms with van der Waals surface area (Å²) in [6.45, 7) is 0.623. The number of aromatic nitrogens is 1. The van der Waals surface area contributed by atoms with Crippen LogP contribution < -0.4 is 15.8 Å². The fourth-order valence-corrected chi connectivity index (χ4v) is 3.89. The van der Waals surface area contributed by atoms with Gasteiger partial charge in [-0.15, -0.1) is 24.0 Å². The lowest BCUT2D eigenvalue weighted by Crippen LogP contribution is -2.25. The van der Waals surface area contributed by atoms with Gasteiger partial charge in [0.15, 0.2) is 5.13 Å². The zero-order valence-electron chi connectivity index (χ0n) is 16.1. The summed E-state index contributed by atoms with van der Waals surface area (Å²) in [5, 5.41) is 10.9. The SMILES string of the molecule is CN1C=NN(C(S)c2csc(NC(=O)c3cc(Oc4ccccc4)ccc3N)n2)C1. The van der Waals surface area contributed by atoms with Crippen LogP contribution in [0.15, 0.2) is 59.0 Å². The number of carbonyl (C=O) groups excluding carboxylic acids is 1. The van der Waals surface area contributed by atoms with Gasteiger partial charge >= 0.3 is 0 Å². The van der Waals surface area contributed by atoms with Crippen LogP contribution in [0.25, 0.3) is 0 Å². The molecule has 4 rings (SSSR count). The number of nitrogens with two attached hydrogens (primary N) is 1. The van der Waals surface area contributed by atoms with Crippen molar-refractivity contribution in [2.45, 2.75) is 5.37 Å². The Morgan fingerprint density at radius 2 is 2.07 bits per heavy atom. The number of thiol groups is 1. The quantitative estimate of drug-likeness (QED) is 0.398. The average Bonchev–Trinajstić information content (AvgIpc) is 3.39. The summed E-state index contributed by atoms with van der Waals surface area (Å²) in [5.74, 6) is 0.835. The third-order valence-electron chi connectivity index (χ3n) is 4.30. The molecule has 0 radical (unpaired) electrons. The van der Waals surface area contributed by atoms with E-state index in [1.807, 2.05) is 47.7 Å². The summed E-state index contributed by atoms with van der Waals surface area (Å²) in [7, 11) is 1.93. The molecule has 1 aliphatic heterocycles. The lowest BCUT2D eigenvalue weighted by atomic mass is 10.1. The third kappa shape index (κ3) is 4.50. The Hall–Kier alpha value is -3.24. The lowest BCUT2D eigenvalue weighted by Gasteiger charge is -2.20. The number of carbonyl (C=O) groups is 1. The number of nitrogen functional groups attached to an aromatic ring is 1. The summed E-state index contributed by atoms with van der Waals surface area (Å²) >= 11 is 5.90. The molecule has 1 aliphatic rings. The van der Waals surface area contributed by atoms with Crippen molar-refractivity contribution in [3.8, 4) is 11.5 Å². The maximum atomic E-state index is 12.8. The van der Waals surface area contributed by atoms with E-state index in [9.17, 15) is 4.79 Å². The Balaban J connectivity index is 1.46. The van der Waals surface area contributed by atoms with Gasteiger partial charge in [-0.1, -0.05) is 18.2 Å². The van der Waals surface area contributed by atoms with Gasteiger partial charge in [0.25, 0.3) is 5.91 Å². The van der Waals surface area contributed by atoms with Crippen LogP contribution in [-0.2, 0) is 0 Å². The molecular weight excluding hydrogens is 420 g/mol. The maximum Gasteiger partial charge on any atom is 0.259 e. The minimum Gasteiger partial charge on any atom is -0.457 e. The normalized spacial score (nSPS) is 14.1. The molecule has 0 fully saturated rings. The highest BCUT2D eigenvalue weighted by Crippen LogP contribution is 2.30. The number of ether oxygens (including phenoxy) is 1. The minimum absolute atomic E-state index is 0.305. The molecule has 0 bridgehead atoms. The van der Waals surface area contributed by atoms with E-state index >= 15 is 0 Å². The fourth-order valence-electron chi connectivity index (χ4n) is 2.80. The van der Waals surface area contributed by atoms with Gasteiger partial charge in [-0.2, -0.15) is 5.10 Å². The summed E-state index contributed by atoms with van der Waals surface area (Å²) in [6, 6.07) is 14.3. The predicted octanol–water partition coefficient (Wildman–Crippen LogP) is 3.85. The topological polar surface area (TPSA) is 96.1 Å². The van der Waals surface area contributed by atoms with Crippen molar-refractivity contribution in [1.29, 1.82) is 0 Å². The number of nitrogens with one attached hydrogen (secondary N) is 1. The largest absolute Gasteiger partial charge is 0.457 e. The Morgan fingerprint density at radius 1 is 1.27 bits per heavy atom. The van der Waals surface area contributed by atoms with E-state index in [2.05, 4.69) is 28.0 Å². The Kier molecular flexibility index (Phi) is 5.77. The van der Waals surface area contributed by atoms with Gasteiger partial charge in [-0.05, 0) is 30.3 Å². The molecule has 2 heterocycles. The summed E-state index contributed by atoms with van der Waals surface area (Å²) in [5.41, 5.74) is 7.39. The molecule has 30 heavy (non-hydrogen) atoms. The number of benzene rings is 2. The molecule has 1 atom stereocenters. The van der Waals surface area contributed by atoms with Crippen molar-refractivity contribution in [2.75, 3.05) is 24.8 Å². The third-order valence-corrected chi connectivity index (χ3v) is 5.61. The van der Waals surface area contributed by atoms with Crippen LogP contribution in [0.3, 0.4) is 0 Å². The molecule has 1 amide bonds. The van der Waals surface area contributed by atoms with Crippen molar-refractivity contribution in [2.24, 2.45) is 5.10 Å². The molecule has 154 valence electrons. The minimum atomic E-state index is -0.360. The first-order valence-corrected chi connectivity index (χ1v) is 10.5. The predicted molar refractivity (Wildman–Crippen MR) is 122 cm³/mol. The number of hydrazone groups is 1. The highest BCUT2D eigenvalue weighted by atomic mass is 32.1. The zero-order valence-corrected chi connectivity index (χ0v) is 17.8. The maximum absolute atomic E-state index is 12.8. The summed E-state index contributed by atoms with van der Waals surface area (Å²) in [4.78, 5) is 19.2. The fraction of sp³-hybridized carbons (Fsp3) is 0.150. The van der Waals surface area contributed by atoms with Gasteiger partial charge in [-0.3, -0.25) is 15.1 Å². The number of hydrogen-bond donors (Lipinski definition) is 3. The Labute approximate surface area is 183 Å². The second-order valence-electron chi connectivity index (χ2n) is 6.64. The number of amides is 1. The standard InChI is InChI=1S/C20H20N6O2S2/c1-25-11-22-26(12-25)19(29)17-10-30-20(23-17)24-18(27)15-9-14(7-8-16(15)21)28-13-5-3-2-4-6-13/h2-11,19,29H,12,21H2,1H3,(H,23,24,27). The second-order valence-corrected chi connectivity index (χ2v) is 7.99. The Morgan fingerprint density at radius 3 is 2.80 bits per heavy atom. The van der Waals surface area contributed by atoms with Crippen molar-refractivity contribution < 1.29 is 9.53 Å². The molecule has 2 aromatic carbocycles. The van der Waals surface area contributed by atoms with E-state index in [0.29, 0.717) is 40.2 Å². The van der Waals surface area contributed by atoms with E-state index in [-0.39, 0.29) is 11.3 Å². The van der Waals surface area contributed by atoms with Crippen LogP contribution in [0.4, 0.5) is 10.8 Å². The summed E-state index contributed by atoms with van der Waals surface area (Å²) < 4.78 is 5.79. The van der Waals surface area contributed by atoms with Gasteiger partial charge < -0.3 is 15.4 Å². The number of hydrogen-bond acceptors (Lipinski definition) is 9. The van der Waals surface area contributed by atoms with Crippen molar-refractivity contribution in [1.82, 2.24) is 14.9 Å².